The summed E-state index contributed by atoms with van der Waals surface area (Å²) in [4.78, 5) is 23.9. The summed E-state index contributed by atoms with van der Waals surface area (Å²) >= 11 is 5.97. The Balaban J connectivity index is 2.06. The summed E-state index contributed by atoms with van der Waals surface area (Å²) in [5.74, 6) is -0.954. The summed E-state index contributed by atoms with van der Waals surface area (Å²) in [6, 6.07) is 11.8. The first kappa shape index (κ1) is 15.9. The van der Waals surface area contributed by atoms with Gasteiger partial charge in [-0.2, -0.15) is 0 Å². The van der Waals surface area contributed by atoms with Crippen LogP contribution in [0.25, 0.3) is 0 Å². The SMILES string of the molecule is COc1cccc(NC(=O)C(=O)Nc2cccc(Cl)c2C)c1. The van der Waals surface area contributed by atoms with Crippen LogP contribution in [0.3, 0.4) is 0 Å². The molecule has 2 aromatic rings. The molecule has 114 valence electrons. The van der Waals surface area contributed by atoms with Gasteiger partial charge < -0.3 is 15.4 Å². The van der Waals surface area contributed by atoms with Crippen LogP contribution in [0.2, 0.25) is 5.02 Å². The van der Waals surface area contributed by atoms with Crippen molar-refractivity contribution in [3.63, 3.8) is 0 Å². The second-order valence-electron chi connectivity index (χ2n) is 4.55. The highest BCUT2D eigenvalue weighted by Crippen LogP contribution is 2.23. The van der Waals surface area contributed by atoms with Gasteiger partial charge in [-0.3, -0.25) is 9.59 Å². The lowest BCUT2D eigenvalue weighted by Gasteiger charge is -2.10. The van der Waals surface area contributed by atoms with E-state index >= 15 is 0 Å². The molecule has 2 N–H and O–H groups in total. The van der Waals surface area contributed by atoms with E-state index in [1.807, 2.05) is 0 Å². The van der Waals surface area contributed by atoms with Gasteiger partial charge >= 0.3 is 11.8 Å². The maximum absolute atomic E-state index is 11.9. The number of hydrogen-bond donors (Lipinski definition) is 2. The van der Waals surface area contributed by atoms with E-state index in [-0.39, 0.29) is 0 Å². The first-order chi connectivity index (χ1) is 10.5. The van der Waals surface area contributed by atoms with Gasteiger partial charge in [0.25, 0.3) is 0 Å². The van der Waals surface area contributed by atoms with Crippen LogP contribution in [0.5, 0.6) is 5.75 Å². The third-order valence-corrected chi connectivity index (χ3v) is 3.46. The Morgan fingerprint density at radius 1 is 1.05 bits per heavy atom. The molecule has 0 radical (unpaired) electrons. The number of nitrogens with one attached hydrogen (secondary N) is 2. The molecule has 0 bridgehead atoms. The Morgan fingerprint density at radius 3 is 2.45 bits per heavy atom. The lowest BCUT2D eigenvalue weighted by atomic mass is 10.2. The number of benzene rings is 2. The molecule has 0 heterocycles. The number of methoxy groups -OCH3 is 1. The quantitative estimate of drug-likeness (QED) is 0.854. The Bertz CT molecular complexity index is 716. The molecular formula is C16H15ClN2O3. The van der Waals surface area contributed by atoms with Gasteiger partial charge in [-0.15, -0.1) is 0 Å². The number of ether oxygens (including phenoxy) is 1. The molecule has 2 aromatic carbocycles. The van der Waals surface area contributed by atoms with E-state index in [9.17, 15) is 9.59 Å². The fraction of sp³-hybridized carbons (Fsp3) is 0.125. The molecule has 0 unspecified atom stereocenters. The van der Waals surface area contributed by atoms with Gasteiger partial charge in [-0.05, 0) is 36.8 Å². The number of carbonyl (C=O) groups is 2. The van der Waals surface area contributed by atoms with E-state index < -0.39 is 11.8 Å². The molecule has 0 fully saturated rings. The van der Waals surface area contributed by atoms with Gasteiger partial charge in [-0.1, -0.05) is 23.7 Å². The minimum absolute atomic E-state index is 0.474. The summed E-state index contributed by atoms with van der Waals surface area (Å²) in [5.41, 5.74) is 1.67. The second kappa shape index (κ2) is 6.95. The van der Waals surface area contributed by atoms with Crippen molar-refractivity contribution in [1.29, 1.82) is 0 Å². The van der Waals surface area contributed by atoms with Gasteiger partial charge in [0, 0.05) is 22.5 Å². The second-order valence-corrected chi connectivity index (χ2v) is 4.96. The summed E-state index contributed by atoms with van der Waals surface area (Å²) in [6.07, 6.45) is 0. The van der Waals surface area contributed by atoms with Crippen molar-refractivity contribution in [3.8, 4) is 5.75 Å². The van der Waals surface area contributed by atoms with Crippen LogP contribution in [-0.2, 0) is 9.59 Å². The molecule has 22 heavy (non-hydrogen) atoms. The average molecular weight is 319 g/mol. The third kappa shape index (κ3) is 3.77. The van der Waals surface area contributed by atoms with Crippen molar-refractivity contribution in [2.45, 2.75) is 6.92 Å². The molecule has 2 amide bonds. The van der Waals surface area contributed by atoms with Crippen LogP contribution in [-0.4, -0.2) is 18.9 Å². The summed E-state index contributed by atoms with van der Waals surface area (Å²) < 4.78 is 5.05. The average Bonchev–Trinajstić information content (AvgIpc) is 2.52. The molecule has 0 saturated heterocycles. The number of rotatable bonds is 3. The van der Waals surface area contributed by atoms with Crippen LogP contribution in [0.15, 0.2) is 42.5 Å². The van der Waals surface area contributed by atoms with Crippen LogP contribution in [0, 0.1) is 6.92 Å². The minimum atomic E-state index is -0.771. The Morgan fingerprint density at radius 2 is 1.73 bits per heavy atom. The fourth-order valence-corrected chi connectivity index (χ4v) is 1.99. The lowest BCUT2D eigenvalue weighted by Crippen LogP contribution is -2.29. The monoisotopic (exact) mass is 318 g/mol. The van der Waals surface area contributed by atoms with E-state index in [0.717, 1.165) is 0 Å². The normalized spacial score (nSPS) is 9.95. The molecule has 0 aliphatic rings. The zero-order valence-corrected chi connectivity index (χ0v) is 12.9. The molecule has 0 aromatic heterocycles. The molecular weight excluding hydrogens is 304 g/mol. The summed E-state index contributed by atoms with van der Waals surface area (Å²) in [7, 11) is 1.52. The van der Waals surface area contributed by atoms with E-state index in [4.69, 9.17) is 16.3 Å². The predicted molar refractivity (Wildman–Crippen MR) is 86.4 cm³/mol. The Labute approximate surface area is 133 Å². The number of carbonyl (C=O) groups excluding carboxylic acids is 2. The Kier molecular flexibility index (Phi) is 5.01. The van der Waals surface area contributed by atoms with E-state index in [1.165, 1.54) is 7.11 Å². The highest BCUT2D eigenvalue weighted by molar-refractivity contribution is 6.44. The van der Waals surface area contributed by atoms with Crippen LogP contribution in [0.4, 0.5) is 11.4 Å². The standard InChI is InChI=1S/C16H15ClN2O3/c1-10-13(17)7-4-8-14(10)19-16(21)15(20)18-11-5-3-6-12(9-11)22-2/h3-9H,1-2H3,(H,18,20)(H,19,21). The number of hydrogen-bond acceptors (Lipinski definition) is 3. The topological polar surface area (TPSA) is 67.4 Å². The van der Waals surface area contributed by atoms with Crippen LogP contribution >= 0.6 is 11.6 Å². The van der Waals surface area contributed by atoms with Gasteiger partial charge in [0.1, 0.15) is 5.75 Å². The third-order valence-electron chi connectivity index (χ3n) is 3.05. The van der Waals surface area contributed by atoms with E-state index in [0.29, 0.717) is 27.7 Å². The van der Waals surface area contributed by atoms with Crippen molar-refractivity contribution in [1.82, 2.24) is 0 Å². The predicted octanol–water partition coefficient (Wildman–Crippen LogP) is 3.23. The summed E-state index contributed by atoms with van der Waals surface area (Å²) in [5, 5.41) is 5.56. The smallest absolute Gasteiger partial charge is 0.314 e. The molecule has 0 atom stereocenters. The van der Waals surface area contributed by atoms with E-state index in [2.05, 4.69) is 10.6 Å². The largest absolute Gasteiger partial charge is 0.497 e. The van der Waals surface area contributed by atoms with Crippen LogP contribution < -0.4 is 15.4 Å². The molecule has 0 spiro atoms. The Hall–Kier alpha value is -2.53. The molecule has 6 heteroatoms. The molecule has 0 saturated carbocycles. The van der Waals surface area contributed by atoms with Crippen molar-refractivity contribution in [2.24, 2.45) is 0 Å². The maximum atomic E-state index is 11.9. The number of amides is 2. The van der Waals surface area contributed by atoms with Crippen molar-refractivity contribution >= 4 is 34.8 Å². The van der Waals surface area contributed by atoms with Gasteiger partial charge in [0.15, 0.2) is 0 Å². The molecule has 2 rings (SSSR count). The zero-order valence-electron chi connectivity index (χ0n) is 12.1. The van der Waals surface area contributed by atoms with Gasteiger partial charge in [-0.25, -0.2) is 0 Å². The van der Waals surface area contributed by atoms with Crippen LogP contribution in [0.1, 0.15) is 5.56 Å². The van der Waals surface area contributed by atoms with Crippen molar-refractivity contribution in [2.75, 3.05) is 17.7 Å². The van der Waals surface area contributed by atoms with Gasteiger partial charge in [0.05, 0.1) is 7.11 Å². The molecule has 0 aliphatic heterocycles. The maximum Gasteiger partial charge on any atom is 0.314 e. The summed E-state index contributed by atoms with van der Waals surface area (Å²) in [6.45, 7) is 1.76. The first-order valence-electron chi connectivity index (χ1n) is 6.52. The number of halogens is 1. The lowest BCUT2D eigenvalue weighted by molar-refractivity contribution is -0.133. The van der Waals surface area contributed by atoms with Gasteiger partial charge in [0.2, 0.25) is 0 Å². The van der Waals surface area contributed by atoms with Crippen molar-refractivity contribution < 1.29 is 14.3 Å². The first-order valence-corrected chi connectivity index (χ1v) is 6.90. The van der Waals surface area contributed by atoms with Crippen molar-refractivity contribution in [3.05, 3.63) is 53.1 Å². The highest BCUT2D eigenvalue weighted by Gasteiger charge is 2.15. The zero-order chi connectivity index (χ0) is 16.1. The van der Waals surface area contributed by atoms with E-state index in [1.54, 1.807) is 49.4 Å². The minimum Gasteiger partial charge on any atom is -0.497 e. The number of anilines is 2. The molecule has 0 aliphatic carbocycles. The highest BCUT2D eigenvalue weighted by atomic mass is 35.5. The molecule has 5 nitrogen and oxygen atoms in total. The fourth-order valence-electron chi connectivity index (χ4n) is 1.81.